The largest absolute Gasteiger partial charge is 0.383 e. The van der Waals surface area contributed by atoms with E-state index in [1.807, 2.05) is 30.3 Å². The third-order valence-corrected chi connectivity index (χ3v) is 4.19. The number of ether oxygens (including phenoxy) is 1. The number of halogens is 1. The average molecular weight is 346 g/mol. The molecule has 1 fully saturated rings. The molecule has 1 aliphatic heterocycles. The van der Waals surface area contributed by atoms with Crippen LogP contribution in [0.15, 0.2) is 42.7 Å². The summed E-state index contributed by atoms with van der Waals surface area (Å²) in [4.78, 5) is 18.5. The predicted octanol–water partition coefficient (Wildman–Crippen LogP) is 2.86. The highest BCUT2D eigenvalue weighted by atomic mass is 35.5. The van der Waals surface area contributed by atoms with E-state index in [4.69, 9.17) is 16.3 Å². The SMILES string of the molecule is O=C(c1cncc(NCCc2ccc(Cl)cc2)c1)N1CCOCC1. The minimum atomic E-state index is 0.00662. The average Bonchev–Trinajstić information content (AvgIpc) is 2.64. The highest BCUT2D eigenvalue weighted by molar-refractivity contribution is 6.30. The van der Waals surface area contributed by atoms with Gasteiger partial charge in [0.15, 0.2) is 0 Å². The Bertz CT molecular complexity index is 685. The van der Waals surface area contributed by atoms with Gasteiger partial charge in [0.2, 0.25) is 0 Å². The summed E-state index contributed by atoms with van der Waals surface area (Å²) in [5.41, 5.74) is 2.66. The van der Waals surface area contributed by atoms with E-state index >= 15 is 0 Å². The van der Waals surface area contributed by atoms with Crippen LogP contribution in [0.5, 0.6) is 0 Å². The van der Waals surface area contributed by atoms with Crippen molar-refractivity contribution in [3.8, 4) is 0 Å². The molecule has 1 aromatic heterocycles. The van der Waals surface area contributed by atoms with Gasteiger partial charge in [0.1, 0.15) is 0 Å². The minimum absolute atomic E-state index is 0.00662. The number of nitrogens with one attached hydrogen (secondary N) is 1. The fourth-order valence-electron chi connectivity index (χ4n) is 2.60. The van der Waals surface area contributed by atoms with Crippen LogP contribution in [-0.4, -0.2) is 48.6 Å². The normalized spacial score (nSPS) is 14.5. The van der Waals surface area contributed by atoms with Gasteiger partial charge in [-0.1, -0.05) is 23.7 Å². The Morgan fingerprint density at radius 3 is 2.71 bits per heavy atom. The van der Waals surface area contributed by atoms with Gasteiger partial charge < -0.3 is 15.0 Å². The van der Waals surface area contributed by atoms with Crippen LogP contribution >= 0.6 is 11.6 Å². The van der Waals surface area contributed by atoms with Crippen LogP contribution in [-0.2, 0) is 11.2 Å². The smallest absolute Gasteiger partial charge is 0.255 e. The van der Waals surface area contributed by atoms with E-state index in [0.717, 1.165) is 23.7 Å². The summed E-state index contributed by atoms with van der Waals surface area (Å²) in [6.07, 6.45) is 4.22. The number of carbonyl (C=O) groups is 1. The molecule has 0 bridgehead atoms. The number of amides is 1. The first-order valence-corrected chi connectivity index (χ1v) is 8.40. The van der Waals surface area contributed by atoms with Crippen molar-refractivity contribution in [2.75, 3.05) is 38.2 Å². The molecule has 3 rings (SSSR count). The first kappa shape index (κ1) is 16.7. The van der Waals surface area contributed by atoms with Crippen LogP contribution < -0.4 is 5.32 Å². The summed E-state index contributed by atoms with van der Waals surface area (Å²) in [5, 5.41) is 4.06. The molecular formula is C18H20ClN3O2. The Hall–Kier alpha value is -2.11. The van der Waals surface area contributed by atoms with E-state index in [1.165, 1.54) is 5.56 Å². The van der Waals surface area contributed by atoms with E-state index in [-0.39, 0.29) is 5.91 Å². The topological polar surface area (TPSA) is 54.5 Å². The first-order valence-electron chi connectivity index (χ1n) is 8.03. The lowest BCUT2D eigenvalue weighted by atomic mass is 10.1. The van der Waals surface area contributed by atoms with E-state index in [2.05, 4.69) is 10.3 Å². The number of hydrogen-bond donors (Lipinski definition) is 1. The van der Waals surface area contributed by atoms with Crippen LogP contribution in [0, 0.1) is 0 Å². The molecule has 1 saturated heterocycles. The molecule has 1 amide bonds. The highest BCUT2D eigenvalue weighted by Crippen LogP contribution is 2.13. The number of pyridine rings is 1. The second-order valence-electron chi connectivity index (χ2n) is 5.67. The van der Waals surface area contributed by atoms with Gasteiger partial charge in [-0.3, -0.25) is 9.78 Å². The van der Waals surface area contributed by atoms with Gasteiger partial charge in [-0.15, -0.1) is 0 Å². The van der Waals surface area contributed by atoms with Gasteiger partial charge in [0.25, 0.3) is 5.91 Å². The zero-order chi connectivity index (χ0) is 16.8. The van der Waals surface area contributed by atoms with Crippen molar-refractivity contribution in [3.63, 3.8) is 0 Å². The summed E-state index contributed by atoms with van der Waals surface area (Å²) in [7, 11) is 0. The van der Waals surface area contributed by atoms with E-state index in [0.29, 0.717) is 31.9 Å². The van der Waals surface area contributed by atoms with Crippen LogP contribution in [0.1, 0.15) is 15.9 Å². The van der Waals surface area contributed by atoms with Gasteiger partial charge in [-0.25, -0.2) is 0 Å². The van der Waals surface area contributed by atoms with Crippen LogP contribution in [0.3, 0.4) is 0 Å². The van der Waals surface area contributed by atoms with E-state index in [1.54, 1.807) is 17.3 Å². The fraction of sp³-hybridized carbons (Fsp3) is 0.333. The fourth-order valence-corrected chi connectivity index (χ4v) is 2.73. The quantitative estimate of drug-likeness (QED) is 0.905. The summed E-state index contributed by atoms with van der Waals surface area (Å²) < 4.78 is 5.28. The van der Waals surface area contributed by atoms with Crippen molar-refractivity contribution >= 4 is 23.2 Å². The molecule has 0 radical (unpaired) electrons. The Labute approximate surface area is 146 Å². The Morgan fingerprint density at radius 1 is 1.21 bits per heavy atom. The first-order chi connectivity index (χ1) is 11.7. The second kappa shape index (κ2) is 8.13. The maximum absolute atomic E-state index is 12.5. The van der Waals surface area contributed by atoms with Crippen molar-refractivity contribution in [2.45, 2.75) is 6.42 Å². The van der Waals surface area contributed by atoms with E-state index in [9.17, 15) is 4.79 Å². The lowest BCUT2D eigenvalue weighted by Crippen LogP contribution is -2.40. The molecule has 2 heterocycles. The summed E-state index contributed by atoms with van der Waals surface area (Å²) in [6.45, 7) is 3.22. The molecule has 6 heteroatoms. The van der Waals surface area contributed by atoms with Gasteiger partial charge >= 0.3 is 0 Å². The van der Waals surface area contributed by atoms with Crippen LogP contribution in [0.2, 0.25) is 5.02 Å². The number of morpholine rings is 1. The molecular weight excluding hydrogens is 326 g/mol. The minimum Gasteiger partial charge on any atom is -0.383 e. The predicted molar refractivity (Wildman–Crippen MR) is 94.6 cm³/mol. The van der Waals surface area contributed by atoms with E-state index < -0.39 is 0 Å². The van der Waals surface area contributed by atoms with Crippen LogP contribution in [0.25, 0.3) is 0 Å². The molecule has 0 saturated carbocycles. The third-order valence-electron chi connectivity index (χ3n) is 3.94. The van der Waals surface area contributed by atoms with Gasteiger partial charge in [0, 0.05) is 37.1 Å². The number of aromatic nitrogens is 1. The summed E-state index contributed by atoms with van der Waals surface area (Å²) in [5.74, 6) is 0.00662. The summed E-state index contributed by atoms with van der Waals surface area (Å²) in [6, 6.07) is 9.66. The standard InChI is InChI=1S/C18H20ClN3O2/c19-16-3-1-14(2-4-16)5-6-21-17-11-15(12-20-13-17)18(23)22-7-9-24-10-8-22/h1-4,11-13,21H,5-10H2. The lowest BCUT2D eigenvalue weighted by Gasteiger charge is -2.26. The molecule has 0 aliphatic carbocycles. The maximum Gasteiger partial charge on any atom is 0.255 e. The van der Waals surface area contributed by atoms with Crippen molar-refractivity contribution in [2.24, 2.45) is 0 Å². The second-order valence-corrected chi connectivity index (χ2v) is 6.11. The number of carbonyl (C=O) groups excluding carboxylic acids is 1. The number of nitrogens with zero attached hydrogens (tertiary/aromatic N) is 2. The van der Waals surface area contributed by atoms with Gasteiger partial charge in [0.05, 0.1) is 24.5 Å². The number of rotatable bonds is 5. The van der Waals surface area contributed by atoms with Gasteiger partial charge in [-0.2, -0.15) is 0 Å². The third kappa shape index (κ3) is 4.46. The Morgan fingerprint density at radius 2 is 1.96 bits per heavy atom. The zero-order valence-corrected chi connectivity index (χ0v) is 14.1. The lowest BCUT2D eigenvalue weighted by molar-refractivity contribution is 0.0302. The molecule has 0 unspecified atom stereocenters. The molecule has 1 aliphatic rings. The number of benzene rings is 1. The van der Waals surface area contributed by atoms with Crippen molar-refractivity contribution < 1.29 is 9.53 Å². The molecule has 0 spiro atoms. The molecule has 1 aromatic carbocycles. The van der Waals surface area contributed by atoms with Crippen LogP contribution in [0.4, 0.5) is 5.69 Å². The molecule has 5 nitrogen and oxygen atoms in total. The molecule has 0 atom stereocenters. The molecule has 24 heavy (non-hydrogen) atoms. The van der Waals surface area contributed by atoms with Crippen molar-refractivity contribution in [1.82, 2.24) is 9.88 Å². The molecule has 126 valence electrons. The highest BCUT2D eigenvalue weighted by Gasteiger charge is 2.18. The zero-order valence-electron chi connectivity index (χ0n) is 13.4. The molecule has 1 N–H and O–H groups in total. The maximum atomic E-state index is 12.5. The molecule has 2 aromatic rings. The van der Waals surface area contributed by atoms with Gasteiger partial charge in [-0.05, 0) is 30.2 Å². The summed E-state index contributed by atoms with van der Waals surface area (Å²) >= 11 is 5.89. The number of anilines is 1. The Balaban J connectivity index is 1.56. The van der Waals surface area contributed by atoms with Crippen molar-refractivity contribution in [3.05, 3.63) is 58.9 Å². The Kier molecular flexibility index (Phi) is 5.67. The monoisotopic (exact) mass is 345 g/mol. The van der Waals surface area contributed by atoms with Crippen molar-refractivity contribution in [1.29, 1.82) is 0 Å². The number of hydrogen-bond acceptors (Lipinski definition) is 4.